The molecule has 1 fully saturated rings. The van der Waals surface area contributed by atoms with E-state index >= 15 is 0 Å². The van der Waals surface area contributed by atoms with E-state index in [1.54, 1.807) is 0 Å². The first-order valence-electron chi connectivity index (χ1n) is 5.60. The maximum atomic E-state index is 11.5. The molecule has 1 aromatic heterocycles. The molecule has 1 saturated heterocycles. The van der Waals surface area contributed by atoms with Crippen molar-refractivity contribution in [2.75, 3.05) is 0 Å². The molecule has 2 N–H and O–H groups in total. The Bertz CT molecular complexity index is 641. The molecule has 0 aliphatic carbocycles. The van der Waals surface area contributed by atoms with E-state index in [2.05, 4.69) is 10.9 Å². The Morgan fingerprint density at radius 1 is 1.63 bits per heavy atom. The van der Waals surface area contributed by atoms with Crippen molar-refractivity contribution in [2.45, 2.75) is 30.6 Å². The second kappa shape index (κ2) is 5.00. The maximum Gasteiger partial charge on any atom is 0.267 e. The largest absolute Gasteiger partial charge is 0.407 e. The standard InChI is InChI=1S/C11H10B2N2O3S/c1-2-6-5-15(10(19)14-9(6)16)8-4-3-7(18-8)11(12,13)17/h1,5,7-8,17H,3-4H2,(H,14,16,19). The summed E-state index contributed by atoms with van der Waals surface area (Å²) in [6, 6.07) is 0. The van der Waals surface area contributed by atoms with Crippen molar-refractivity contribution in [1.29, 1.82) is 0 Å². The fraction of sp³-hybridized carbons (Fsp3) is 0.455. The van der Waals surface area contributed by atoms with E-state index in [1.807, 2.05) is 0 Å². The Morgan fingerprint density at radius 3 is 2.84 bits per heavy atom. The molecule has 8 heteroatoms. The van der Waals surface area contributed by atoms with E-state index in [4.69, 9.17) is 39.1 Å². The van der Waals surface area contributed by atoms with Gasteiger partial charge in [-0.2, -0.15) is 0 Å². The van der Waals surface area contributed by atoms with Crippen LogP contribution >= 0.6 is 12.2 Å². The van der Waals surface area contributed by atoms with Crippen molar-refractivity contribution in [1.82, 2.24) is 9.55 Å². The van der Waals surface area contributed by atoms with Gasteiger partial charge in [0, 0.05) is 11.6 Å². The number of aromatic amines is 1. The van der Waals surface area contributed by atoms with Crippen LogP contribution in [0.4, 0.5) is 0 Å². The molecule has 2 atom stereocenters. The molecule has 1 aliphatic rings. The number of terminal acetylenes is 1. The lowest BCUT2D eigenvalue weighted by Crippen LogP contribution is -2.43. The third-order valence-corrected chi connectivity index (χ3v) is 3.26. The molecule has 2 heterocycles. The first kappa shape index (κ1) is 14.1. The van der Waals surface area contributed by atoms with Crippen LogP contribution in [0, 0.1) is 17.1 Å². The average Bonchev–Trinajstić information content (AvgIpc) is 2.78. The minimum absolute atomic E-state index is 0.149. The summed E-state index contributed by atoms with van der Waals surface area (Å²) in [5.41, 5.74) is -0.274. The molecule has 2 rings (SSSR count). The quantitative estimate of drug-likeness (QED) is 0.434. The van der Waals surface area contributed by atoms with Crippen LogP contribution in [0.25, 0.3) is 0 Å². The molecule has 4 radical (unpaired) electrons. The van der Waals surface area contributed by atoms with Gasteiger partial charge in [-0.3, -0.25) is 14.3 Å². The van der Waals surface area contributed by atoms with E-state index in [-0.39, 0.29) is 10.3 Å². The molecular formula is C11H10B2N2O3S. The molecule has 1 aromatic rings. The van der Waals surface area contributed by atoms with E-state index < -0.39 is 23.3 Å². The highest BCUT2D eigenvalue weighted by atomic mass is 32.1. The molecule has 19 heavy (non-hydrogen) atoms. The molecular weight excluding hydrogens is 262 g/mol. The van der Waals surface area contributed by atoms with Gasteiger partial charge >= 0.3 is 0 Å². The van der Waals surface area contributed by atoms with Crippen molar-refractivity contribution in [3.8, 4) is 12.3 Å². The van der Waals surface area contributed by atoms with Crippen LogP contribution in [-0.4, -0.2) is 41.9 Å². The van der Waals surface area contributed by atoms with Gasteiger partial charge < -0.3 is 9.84 Å². The highest BCUT2D eigenvalue weighted by Gasteiger charge is 2.35. The van der Waals surface area contributed by atoms with Gasteiger partial charge in [-0.1, -0.05) is 5.92 Å². The predicted molar refractivity (Wildman–Crippen MR) is 73.4 cm³/mol. The van der Waals surface area contributed by atoms with Gasteiger partial charge in [0.25, 0.3) is 5.56 Å². The first-order valence-corrected chi connectivity index (χ1v) is 6.01. The number of rotatable bonds is 2. The van der Waals surface area contributed by atoms with Gasteiger partial charge in [0.05, 0.1) is 6.10 Å². The van der Waals surface area contributed by atoms with E-state index in [9.17, 15) is 9.90 Å². The Balaban J connectivity index is 2.33. The number of hydrogen-bond acceptors (Lipinski definition) is 4. The molecule has 0 aromatic carbocycles. The van der Waals surface area contributed by atoms with Gasteiger partial charge in [-0.25, -0.2) is 0 Å². The summed E-state index contributed by atoms with van der Waals surface area (Å²) >= 11 is 5.05. The number of hydrogen-bond donors (Lipinski definition) is 2. The van der Waals surface area contributed by atoms with Crippen LogP contribution in [0.1, 0.15) is 24.6 Å². The van der Waals surface area contributed by atoms with E-state index in [0.29, 0.717) is 12.8 Å². The molecule has 0 amide bonds. The normalized spacial score (nSPS) is 23.2. The molecule has 1 aliphatic heterocycles. The fourth-order valence-corrected chi connectivity index (χ4v) is 2.23. The second-order valence-corrected chi connectivity index (χ2v) is 4.78. The van der Waals surface area contributed by atoms with Crippen molar-refractivity contribution < 1.29 is 9.84 Å². The van der Waals surface area contributed by atoms with Crippen LogP contribution in [0.2, 0.25) is 0 Å². The monoisotopic (exact) mass is 272 g/mol. The van der Waals surface area contributed by atoms with Crippen molar-refractivity contribution in [2.24, 2.45) is 0 Å². The number of ether oxygens (including phenoxy) is 1. The summed E-state index contributed by atoms with van der Waals surface area (Å²) < 4.78 is 7.25. The van der Waals surface area contributed by atoms with Gasteiger partial charge in [0.15, 0.2) is 4.77 Å². The number of aromatic nitrogens is 2. The molecule has 0 spiro atoms. The summed E-state index contributed by atoms with van der Waals surface area (Å²) in [5, 5.41) is 7.59. The van der Waals surface area contributed by atoms with Gasteiger partial charge in [0.2, 0.25) is 0 Å². The molecule has 0 bridgehead atoms. The van der Waals surface area contributed by atoms with Gasteiger partial charge in [-0.05, 0) is 25.1 Å². The van der Waals surface area contributed by atoms with E-state index in [0.717, 1.165) is 0 Å². The Hall–Kier alpha value is -1.29. The maximum absolute atomic E-state index is 11.5. The predicted octanol–water partition coefficient (Wildman–Crippen LogP) is -0.452. The van der Waals surface area contributed by atoms with E-state index in [1.165, 1.54) is 10.8 Å². The van der Waals surface area contributed by atoms with Crippen molar-refractivity contribution >= 4 is 27.9 Å². The van der Waals surface area contributed by atoms with Crippen LogP contribution in [0.15, 0.2) is 11.0 Å². The van der Waals surface area contributed by atoms with Crippen molar-refractivity contribution in [3.63, 3.8) is 0 Å². The molecule has 0 saturated carbocycles. The van der Waals surface area contributed by atoms with Crippen LogP contribution in [0.3, 0.4) is 0 Å². The zero-order chi connectivity index (χ0) is 14.2. The topological polar surface area (TPSA) is 67.2 Å². The Kier molecular flexibility index (Phi) is 3.72. The third-order valence-electron chi connectivity index (χ3n) is 2.95. The minimum atomic E-state index is -1.91. The van der Waals surface area contributed by atoms with Gasteiger partial charge in [-0.15, -0.1) is 6.42 Å². The SMILES string of the molecule is [B]C([B])(O)C1CCC(n2cc(C#C)c(=O)[nH]c2=S)O1. The van der Waals surface area contributed by atoms with Crippen LogP contribution < -0.4 is 5.56 Å². The zero-order valence-electron chi connectivity index (χ0n) is 10.00. The lowest BCUT2D eigenvalue weighted by atomic mass is 9.61. The summed E-state index contributed by atoms with van der Waals surface area (Å²) in [5.74, 6) is 2.26. The Labute approximate surface area is 117 Å². The molecule has 94 valence electrons. The summed E-state index contributed by atoms with van der Waals surface area (Å²) in [4.78, 5) is 13.9. The number of H-pyrrole nitrogens is 1. The fourth-order valence-electron chi connectivity index (χ4n) is 1.97. The second-order valence-electron chi connectivity index (χ2n) is 4.40. The molecule has 5 nitrogen and oxygen atoms in total. The molecule has 2 unspecified atom stereocenters. The summed E-state index contributed by atoms with van der Waals surface area (Å²) in [7, 11) is 10.8. The summed E-state index contributed by atoms with van der Waals surface area (Å²) in [6.45, 7) is 0. The number of nitrogens with zero attached hydrogens (tertiary/aromatic N) is 1. The lowest BCUT2D eigenvalue weighted by molar-refractivity contribution is -0.0496. The smallest absolute Gasteiger partial charge is 0.267 e. The summed E-state index contributed by atoms with van der Waals surface area (Å²) in [6.07, 6.45) is 6.51. The Morgan fingerprint density at radius 2 is 2.32 bits per heavy atom. The van der Waals surface area contributed by atoms with Gasteiger partial charge in [0.1, 0.15) is 27.5 Å². The lowest BCUT2D eigenvalue weighted by Gasteiger charge is -2.27. The first-order chi connectivity index (χ1) is 8.82. The average molecular weight is 272 g/mol. The van der Waals surface area contributed by atoms with Crippen LogP contribution in [-0.2, 0) is 4.74 Å². The third kappa shape index (κ3) is 2.84. The minimum Gasteiger partial charge on any atom is -0.407 e. The van der Waals surface area contributed by atoms with Crippen molar-refractivity contribution in [3.05, 3.63) is 26.9 Å². The highest BCUT2D eigenvalue weighted by molar-refractivity contribution is 7.71. The van der Waals surface area contributed by atoms with Crippen LogP contribution in [0.5, 0.6) is 0 Å². The number of nitrogens with one attached hydrogen (secondary N) is 1. The number of aliphatic hydroxyl groups is 1. The zero-order valence-corrected chi connectivity index (χ0v) is 10.8. The highest BCUT2D eigenvalue weighted by Crippen LogP contribution is 2.31.